The fourth-order valence-electron chi connectivity index (χ4n) is 3.20. The molecule has 0 saturated heterocycles. The molecule has 1 aliphatic rings. The van der Waals surface area contributed by atoms with Crippen LogP contribution in [0.1, 0.15) is 38.4 Å². The number of nitrogen functional groups attached to an aromatic ring is 1. The first-order valence-corrected chi connectivity index (χ1v) is 9.15. The van der Waals surface area contributed by atoms with Crippen molar-refractivity contribution in [1.29, 1.82) is 0 Å². The van der Waals surface area contributed by atoms with Crippen LogP contribution in [0, 0.1) is 23.5 Å². The van der Waals surface area contributed by atoms with Gasteiger partial charge in [0.25, 0.3) is 0 Å². The average Bonchev–Trinajstić information content (AvgIpc) is 3.00. The molecule has 144 valence electrons. The number of fused-ring (bicyclic) bond motifs is 1. The molecule has 4 rings (SSSR count). The van der Waals surface area contributed by atoms with E-state index in [-0.39, 0.29) is 23.0 Å². The predicted molar refractivity (Wildman–Crippen MR) is 101 cm³/mol. The SMILES string of the molecule is CCCn1c(-c2cccc(F)c2F)nc2c(N)nc(C#CC3(O)CCC3)nc21. The molecule has 0 aliphatic heterocycles. The molecule has 0 spiro atoms. The van der Waals surface area contributed by atoms with E-state index >= 15 is 0 Å². The molecule has 0 bridgehead atoms. The highest BCUT2D eigenvalue weighted by Gasteiger charge is 2.32. The van der Waals surface area contributed by atoms with E-state index in [0.29, 0.717) is 30.6 Å². The third kappa shape index (κ3) is 3.08. The summed E-state index contributed by atoms with van der Waals surface area (Å²) in [6.07, 6.45) is 2.89. The molecule has 28 heavy (non-hydrogen) atoms. The molecule has 1 aliphatic carbocycles. The van der Waals surface area contributed by atoms with Crippen molar-refractivity contribution in [2.45, 2.75) is 44.8 Å². The Morgan fingerprint density at radius 1 is 1.25 bits per heavy atom. The maximum Gasteiger partial charge on any atom is 0.209 e. The monoisotopic (exact) mass is 383 g/mol. The molecule has 2 aromatic heterocycles. The van der Waals surface area contributed by atoms with Crippen LogP contribution >= 0.6 is 0 Å². The number of rotatable bonds is 3. The minimum atomic E-state index is -0.993. The number of hydrogen-bond donors (Lipinski definition) is 2. The Bertz CT molecular complexity index is 1130. The van der Waals surface area contributed by atoms with E-state index in [1.165, 1.54) is 12.1 Å². The molecule has 0 atom stereocenters. The van der Waals surface area contributed by atoms with E-state index in [2.05, 4.69) is 26.8 Å². The minimum absolute atomic E-state index is 0.0299. The average molecular weight is 383 g/mol. The second-order valence-electron chi connectivity index (χ2n) is 6.93. The van der Waals surface area contributed by atoms with E-state index in [0.717, 1.165) is 18.9 Å². The summed E-state index contributed by atoms with van der Waals surface area (Å²) < 4.78 is 29.8. The van der Waals surface area contributed by atoms with Crippen LogP contribution in [0.3, 0.4) is 0 Å². The van der Waals surface area contributed by atoms with Crippen molar-refractivity contribution in [3.05, 3.63) is 35.7 Å². The number of nitrogens with zero attached hydrogens (tertiary/aromatic N) is 4. The van der Waals surface area contributed by atoms with Crippen molar-refractivity contribution < 1.29 is 13.9 Å². The molecule has 3 aromatic rings. The molecule has 0 unspecified atom stereocenters. The van der Waals surface area contributed by atoms with Crippen LogP contribution in [-0.2, 0) is 6.54 Å². The van der Waals surface area contributed by atoms with Crippen LogP contribution in [0.15, 0.2) is 18.2 Å². The van der Waals surface area contributed by atoms with E-state index in [9.17, 15) is 13.9 Å². The highest BCUT2D eigenvalue weighted by Crippen LogP contribution is 2.31. The summed E-state index contributed by atoms with van der Waals surface area (Å²) in [6.45, 7) is 2.43. The topological polar surface area (TPSA) is 89.9 Å². The van der Waals surface area contributed by atoms with E-state index in [1.807, 2.05) is 6.92 Å². The first-order valence-electron chi connectivity index (χ1n) is 9.15. The summed E-state index contributed by atoms with van der Waals surface area (Å²) >= 11 is 0. The summed E-state index contributed by atoms with van der Waals surface area (Å²) in [4.78, 5) is 13.0. The zero-order valence-corrected chi connectivity index (χ0v) is 15.3. The van der Waals surface area contributed by atoms with Gasteiger partial charge in [-0.05, 0) is 43.7 Å². The van der Waals surface area contributed by atoms with Crippen molar-refractivity contribution in [2.75, 3.05) is 5.73 Å². The molecule has 2 heterocycles. The lowest BCUT2D eigenvalue weighted by Gasteiger charge is -2.30. The quantitative estimate of drug-likeness (QED) is 0.679. The number of benzene rings is 1. The van der Waals surface area contributed by atoms with Gasteiger partial charge in [0, 0.05) is 6.54 Å². The summed E-state index contributed by atoms with van der Waals surface area (Å²) in [5.41, 5.74) is 5.79. The van der Waals surface area contributed by atoms with Crippen LogP contribution in [0.4, 0.5) is 14.6 Å². The lowest BCUT2D eigenvalue weighted by Crippen LogP contribution is -2.34. The Hall–Kier alpha value is -3.05. The zero-order chi connectivity index (χ0) is 19.9. The maximum absolute atomic E-state index is 14.4. The van der Waals surface area contributed by atoms with Crippen molar-refractivity contribution >= 4 is 17.0 Å². The lowest BCUT2D eigenvalue weighted by molar-refractivity contribution is 0.0239. The molecule has 8 heteroatoms. The van der Waals surface area contributed by atoms with Crippen molar-refractivity contribution in [3.8, 4) is 23.2 Å². The standard InChI is InChI=1S/C20H19F2N5O/c1-2-11-27-18(12-5-3-6-13(21)15(12)22)26-16-17(23)24-14(25-19(16)27)7-10-20(28)8-4-9-20/h3,5-6,28H,2,4,8-9,11H2,1H3,(H2,23,24,25). The van der Waals surface area contributed by atoms with Gasteiger partial charge in [-0.3, -0.25) is 0 Å². The van der Waals surface area contributed by atoms with E-state index in [4.69, 9.17) is 5.73 Å². The van der Waals surface area contributed by atoms with Gasteiger partial charge < -0.3 is 15.4 Å². The van der Waals surface area contributed by atoms with E-state index < -0.39 is 17.2 Å². The van der Waals surface area contributed by atoms with Gasteiger partial charge in [0.05, 0.1) is 5.56 Å². The smallest absolute Gasteiger partial charge is 0.209 e. The number of nitrogens with two attached hydrogens (primary N) is 1. The van der Waals surface area contributed by atoms with Crippen molar-refractivity contribution in [3.63, 3.8) is 0 Å². The van der Waals surface area contributed by atoms with Crippen molar-refractivity contribution in [2.24, 2.45) is 0 Å². The maximum atomic E-state index is 14.4. The first kappa shape index (κ1) is 18.3. The Kier molecular flexibility index (Phi) is 4.47. The van der Waals surface area contributed by atoms with Gasteiger partial charge >= 0.3 is 0 Å². The van der Waals surface area contributed by atoms with Gasteiger partial charge in [0.1, 0.15) is 11.4 Å². The van der Waals surface area contributed by atoms with Crippen LogP contribution in [0.25, 0.3) is 22.6 Å². The number of halogens is 2. The van der Waals surface area contributed by atoms with Gasteiger partial charge in [-0.25, -0.2) is 23.7 Å². The van der Waals surface area contributed by atoms with Gasteiger partial charge in [-0.1, -0.05) is 18.9 Å². The highest BCUT2D eigenvalue weighted by atomic mass is 19.2. The number of imidazole rings is 1. The molecule has 0 radical (unpaired) electrons. The Labute approximate surface area is 160 Å². The summed E-state index contributed by atoms with van der Waals surface area (Å²) in [7, 11) is 0. The third-order valence-corrected chi connectivity index (χ3v) is 4.85. The second-order valence-corrected chi connectivity index (χ2v) is 6.93. The minimum Gasteiger partial charge on any atom is -0.382 e. The Balaban J connectivity index is 1.89. The first-order chi connectivity index (χ1) is 13.4. The predicted octanol–water partition coefficient (Wildman–Crippen LogP) is 3.03. The fourth-order valence-corrected chi connectivity index (χ4v) is 3.20. The normalized spacial score (nSPS) is 15.1. The molecule has 1 aromatic carbocycles. The van der Waals surface area contributed by atoms with Gasteiger partial charge in [-0.2, -0.15) is 0 Å². The largest absolute Gasteiger partial charge is 0.382 e. The van der Waals surface area contributed by atoms with Crippen LogP contribution < -0.4 is 5.73 Å². The van der Waals surface area contributed by atoms with E-state index in [1.54, 1.807) is 4.57 Å². The molecular formula is C20H19F2N5O. The van der Waals surface area contributed by atoms with Gasteiger partial charge in [0.15, 0.2) is 28.6 Å². The third-order valence-electron chi connectivity index (χ3n) is 4.85. The highest BCUT2D eigenvalue weighted by molar-refractivity contribution is 5.86. The molecular weight excluding hydrogens is 364 g/mol. The number of aryl methyl sites for hydroxylation is 1. The number of aromatic nitrogens is 4. The van der Waals surface area contributed by atoms with Crippen LogP contribution in [0.5, 0.6) is 0 Å². The second kappa shape index (κ2) is 6.84. The van der Waals surface area contributed by atoms with Crippen LogP contribution in [0.2, 0.25) is 0 Å². The molecule has 1 saturated carbocycles. The molecule has 1 fully saturated rings. The summed E-state index contributed by atoms with van der Waals surface area (Å²) in [5, 5.41) is 10.1. The molecule has 3 N–H and O–H groups in total. The number of aliphatic hydroxyl groups is 1. The molecule has 6 nitrogen and oxygen atoms in total. The van der Waals surface area contributed by atoms with Gasteiger partial charge in [-0.15, -0.1) is 0 Å². The van der Waals surface area contributed by atoms with Gasteiger partial charge in [0.2, 0.25) is 5.82 Å². The fraction of sp³-hybridized carbons (Fsp3) is 0.350. The summed E-state index contributed by atoms with van der Waals surface area (Å²) in [6, 6.07) is 3.94. The van der Waals surface area contributed by atoms with Crippen molar-refractivity contribution in [1.82, 2.24) is 19.5 Å². The number of anilines is 1. The Morgan fingerprint density at radius 3 is 2.71 bits per heavy atom. The summed E-state index contributed by atoms with van der Waals surface area (Å²) in [5.74, 6) is 4.14. The number of hydrogen-bond acceptors (Lipinski definition) is 5. The molecule has 0 amide bonds. The lowest BCUT2D eigenvalue weighted by atomic mass is 9.81. The Morgan fingerprint density at radius 2 is 2.04 bits per heavy atom. The zero-order valence-electron chi connectivity index (χ0n) is 15.3. The van der Waals surface area contributed by atoms with Crippen LogP contribution in [-0.4, -0.2) is 30.2 Å².